The molecule has 0 aliphatic heterocycles. The Hall–Kier alpha value is -1.98. The number of carboxylic acid groups (broad SMARTS) is 1. The van der Waals surface area contributed by atoms with Gasteiger partial charge in [0.15, 0.2) is 0 Å². The number of furan rings is 1. The number of rotatable bonds is 5. The number of amides is 2. The average molecular weight is 268 g/mol. The van der Waals surface area contributed by atoms with E-state index in [1.165, 1.54) is 6.92 Å². The van der Waals surface area contributed by atoms with E-state index in [-0.39, 0.29) is 18.6 Å². The van der Waals surface area contributed by atoms with Crippen molar-refractivity contribution in [2.75, 3.05) is 6.54 Å². The maximum absolute atomic E-state index is 11.6. The maximum Gasteiger partial charge on any atom is 0.315 e. The number of carbonyl (C=O) groups excluding carboxylic acids is 1. The van der Waals surface area contributed by atoms with Crippen LogP contribution >= 0.6 is 0 Å². The molecule has 0 bridgehead atoms. The molecular weight excluding hydrogens is 248 g/mol. The summed E-state index contributed by atoms with van der Waals surface area (Å²) < 4.78 is 5.40. The number of carbonyl (C=O) groups is 2. The van der Waals surface area contributed by atoms with E-state index in [0.717, 1.165) is 17.1 Å². The van der Waals surface area contributed by atoms with Crippen LogP contribution in [-0.4, -0.2) is 23.7 Å². The highest BCUT2D eigenvalue weighted by Gasteiger charge is 2.16. The van der Waals surface area contributed by atoms with Crippen LogP contribution in [-0.2, 0) is 4.79 Å². The number of carboxylic acids is 1. The Kier molecular flexibility index (Phi) is 4.97. The Bertz CT molecular complexity index is 467. The normalized spacial score (nSPS) is 13.7. The second kappa shape index (κ2) is 6.26. The van der Waals surface area contributed by atoms with Gasteiger partial charge in [0.1, 0.15) is 11.5 Å². The fourth-order valence-corrected chi connectivity index (χ4v) is 1.74. The van der Waals surface area contributed by atoms with Gasteiger partial charge in [-0.1, -0.05) is 6.92 Å². The van der Waals surface area contributed by atoms with Crippen LogP contribution in [0.25, 0.3) is 0 Å². The van der Waals surface area contributed by atoms with E-state index in [1.54, 1.807) is 0 Å². The Balaban J connectivity index is 2.48. The van der Waals surface area contributed by atoms with Crippen molar-refractivity contribution in [2.24, 2.45) is 5.92 Å². The second-order valence-corrected chi connectivity index (χ2v) is 4.68. The van der Waals surface area contributed by atoms with Gasteiger partial charge in [0.25, 0.3) is 0 Å². The zero-order valence-electron chi connectivity index (χ0n) is 11.6. The van der Waals surface area contributed by atoms with E-state index < -0.39 is 11.9 Å². The Morgan fingerprint density at radius 2 is 2.00 bits per heavy atom. The highest BCUT2D eigenvalue weighted by Crippen LogP contribution is 2.20. The summed E-state index contributed by atoms with van der Waals surface area (Å²) in [5, 5.41) is 14.0. The SMILES string of the molecule is Cc1cc(C(C)NC(=O)NCC(C)C(=O)O)c(C)o1. The van der Waals surface area contributed by atoms with Crippen LogP contribution in [0.5, 0.6) is 0 Å². The molecule has 0 spiro atoms. The molecule has 1 heterocycles. The standard InChI is InChI=1S/C13H20N2O4/c1-7(12(16)17)6-14-13(18)15-9(3)11-5-8(2)19-10(11)4/h5,7,9H,6H2,1-4H3,(H,16,17)(H2,14,15,18). The topological polar surface area (TPSA) is 91.6 Å². The molecule has 0 saturated carbocycles. The van der Waals surface area contributed by atoms with E-state index in [0.29, 0.717) is 0 Å². The van der Waals surface area contributed by atoms with Gasteiger partial charge >= 0.3 is 12.0 Å². The van der Waals surface area contributed by atoms with Gasteiger partial charge in [0.2, 0.25) is 0 Å². The van der Waals surface area contributed by atoms with E-state index in [2.05, 4.69) is 10.6 Å². The number of aryl methyl sites for hydroxylation is 2. The molecule has 0 saturated heterocycles. The third-order valence-electron chi connectivity index (χ3n) is 2.88. The highest BCUT2D eigenvalue weighted by atomic mass is 16.4. The molecule has 3 N–H and O–H groups in total. The summed E-state index contributed by atoms with van der Waals surface area (Å²) in [7, 11) is 0. The fourth-order valence-electron chi connectivity index (χ4n) is 1.74. The van der Waals surface area contributed by atoms with Gasteiger partial charge < -0.3 is 20.2 Å². The Morgan fingerprint density at radius 3 is 2.47 bits per heavy atom. The lowest BCUT2D eigenvalue weighted by Gasteiger charge is -2.15. The van der Waals surface area contributed by atoms with Crippen molar-refractivity contribution >= 4 is 12.0 Å². The predicted molar refractivity (Wildman–Crippen MR) is 69.9 cm³/mol. The van der Waals surface area contributed by atoms with Crippen molar-refractivity contribution in [3.63, 3.8) is 0 Å². The predicted octanol–water partition coefficient (Wildman–Crippen LogP) is 1.98. The van der Waals surface area contributed by atoms with Gasteiger partial charge in [-0.15, -0.1) is 0 Å². The molecule has 19 heavy (non-hydrogen) atoms. The first-order valence-electron chi connectivity index (χ1n) is 6.15. The van der Waals surface area contributed by atoms with Crippen molar-refractivity contribution in [2.45, 2.75) is 33.7 Å². The molecule has 0 aliphatic rings. The highest BCUT2D eigenvalue weighted by molar-refractivity contribution is 5.76. The van der Waals surface area contributed by atoms with Crippen LogP contribution in [0.2, 0.25) is 0 Å². The largest absolute Gasteiger partial charge is 0.481 e. The number of urea groups is 1. The molecule has 1 aromatic heterocycles. The second-order valence-electron chi connectivity index (χ2n) is 4.68. The van der Waals surface area contributed by atoms with Gasteiger partial charge in [-0.05, 0) is 26.8 Å². The molecule has 106 valence electrons. The Morgan fingerprint density at radius 1 is 1.37 bits per heavy atom. The molecule has 1 aromatic rings. The summed E-state index contributed by atoms with van der Waals surface area (Å²) in [6.45, 7) is 7.16. The number of aliphatic carboxylic acids is 1. The van der Waals surface area contributed by atoms with Gasteiger partial charge in [-0.2, -0.15) is 0 Å². The molecule has 6 nitrogen and oxygen atoms in total. The summed E-state index contributed by atoms with van der Waals surface area (Å²) in [5.74, 6) is 0.0128. The minimum Gasteiger partial charge on any atom is -0.481 e. The lowest BCUT2D eigenvalue weighted by Crippen LogP contribution is -2.40. The van der Waals surface area contributed by atoms with Gasteiger partial charge in [-0.3, -0.25) is 4.79 Å². The van der Waals surface area contributed by atoms with Crippen LogP contribution < -0.4 is 10.6 Å². The summed E-state index contributed by atoms with van der Waals surface area (Å²) in [6.07, 6.45) is 0. The molecule has 0 radical (unpaired) electrons. The summed E-state index contributed by atoms with van der Waals surface area (Å²) in [5.41, 5.74) is 0.916. The quantitative estimate of drug-likeness (QED) is 0.761. The lowest BCUT2D eigenvalue weighted by atomic mass is 10.1. The number of hydrogen-bond acceptors (Lipinski definition) is 3. The van der Waals surface area contributed by atoms with Crippen molar-refractivity contribution < 1.29 is 19.1 Å². The van der Waals surface area contributed by atoms with Crippen LogP contribution in [0.1, 0.15) is 37.0 Å². The number of nitrogens with one attached hydrogen (secondary N) is 2. The first-order chi connectivity index (χ1) is 8.81. The Labute approximate surface area is 112 Å². The minimum absolute atomic E-state index is 0.0945. The van der Waals surface area contributed by atoms with E-state index >= 15 is 0 Å². The molecule has 0 aliphatic carbocycles. The first kappa shape index (κ1) is 15.1. The molecule has 0 aromatic carbocycles. The first-order valence-corrected chi connectivity index (χ1v) is 6.15. The van der Waals surface area contributed by atoms with Gasteiger partial charge in [0, 0.05) is 12.1 Å². The van der Waals surface area contributed by atoms with Crippen LogP contribution in [0.15, 0.2) is 10.5 Å². The molecule has 2 atom stereocenters. The average Bonchev–Trinajstić information content (AvgIpc) is 2.65. The van der Waals surface area contributed by atoms with E-state index in [9.17, 15) is 9.59 Å². The molecule has 0 fully saturated rings. The smallest absolute Gasteiger partial charge is 0.315 e. The van der Waals surface area contributed by atoms with Crippen molar-refractivity contribution in [3.05, 3.63) is 23.2 Å². The minimum atomic E-state index is -0.936. The fraction of sp³-hybridized carbons (Fsp3) is 0.538. The van der Waals surface area contributed by atoms with E-state index in [1.807, 2.05) is 26.8 Å². The summed E-state index contributed by atoms with van der Waals surface area (Å²) in [4.78, 5) is 22.2. The van der Waals surface area contributed by atoms with Crippen LogP contribution in [0, 0.1) is 19.8 Å². The van der Waals surface area contributed by atoms with Crippen molar-refractivity contribution in [3.8, 4) is 0 Å². The zero-order valence-corrected chi connectivity index (χ0v) is 11.6. The molecule has 6 heteroatoms. The van der Waals surface area contributed by atoms with Gasteiger partial charge in [-0.25, -0.2) is 4.79 Å². The molecular formula is C13H20N2O4. The third kappa shape index (κ3) is 4.31. The zero-order chi connectivity index (χ0) is 14.6. The summed E-state index contributed by atoms with van der Waals surface area (Å²) >= 11 is 0. The van der Waals surface area contributed by atoms with Crippen LogP contribution in [0.4, 0.5) is 4.79 Å². The number of hydrogen-bond donors (Lipinski definition) is 3. The molecule has 2 unspecified atom stereocenters. The molecule has 1 rings (SSSR count). The van der Waals surface area contributed by atoms with Crippen molar-refractivity contribution in [1.29, 1.82) is 0 Å². The maximum atomic E-state index is 11.6. The monoisotopic (exact) mass is 268 g/mol. The lowest BCUT2D eigenvalue weighted by molar-refractivity contribution is -0.140. The van der Waals surface area contributed by atoms with E-state index in [4.69, 9.17) is 9.52 Å². The summed E-state index contributed by atoms with van der Waals surface area (Å²) in [6, 6.07) is 1.29. The van der Waals surface area contributed by atoms with Crippen molar-refractivity contribution in [1.82, 2.24) is 10.6 Å². The molecule has 2 amide bonds. The van der Waals surface area contributed by atoms with Gasteiger partial charge in [0.05, 0.1) is 12.0 Å². The third-order valence-corrected chi connectivity index (χ3v) is 2.88. The van der Waals surface area contributed by atoms with Crippen LogP contribution in [0.3, 0.4) is 0 Å².